The van der Waals surface area contributed by atoms with E-state index in [1.807, 2.05) is 0 Å². The number of carbonyl (C=O) groups is 1. The molecule has 2 nitrogen and oxygen atoms in total. The second-order valence-electron chi connectivity index (χ2n) is 3.73. The number of hydrogen-bond donors (Lipinski definition) is 1. The van der Waals surface area contributed by atoms with Gasteiger partial charge in [-0.2, -0.15) is 0 Å². The summed E-state index contributed by atoms with van der Waals surface area (Å²) in [6.07, 6.45) is -1.96. The van der Waals surface area contributed by atoms with Gasteiger partial charge in [-0.15, -0.1) is 0 Å². The summed E-state index contributed by atoms with van der Waals surface area (Å²) in [7, 11) is 0. The van der Waals surface area contributed by atoms with E-state index >= 15 is 0 Å². The number of carboxylic acids is 1. The molecule has 0 amide bonds. The van der Waals surface area contributed by atoms with Crippen LogP contribution in [-0.2, 0) is 0 Å². The summed E-state index contributed by atoms with van der Waals surface area (Å²) in [5.41, 5.74) is 0.681. The van der Waals surface area contributed by atoms with E-state index in [2.05, 4.69) is 0 Å². The minimum absolute atomic E-state index is 0.144. The summed E-state index contributed by atoms with van der Waals surface area (Å²) in [5, 5.41) is 8.88. The van der Waals surface area contributed by atoms with Crippen LogP contribution in [0.4, 0.5) is 8.78 Å². The van der Waals surface area contributed by atoms with Crippen LogP contribution >= 0.6 is 0 Å². The van der Waals surface area contributed by atoms with E-state index < -0.39 is 18.3 Å². The van der Waals surface area contributed by atoms with Crippen molar-refractivity contribution < 1.29 is 18.7 Å². The third-order valence-corrected chi connectivity index (χ3v) is 2.75. The zero-order valence-electron chi connectivity index (χ0n) is 7.86. The van der Waals surface area contributed by atoms with Gasteiger partial charge in [0.25, 0.3) is 0 Å². The molecule has 0 spiro atoms. The van der Waals surface area contributed by atoms with Crippen molar-refractivity contribution in [1.82, 2.24) is 0 Å². The van der Waals surface area contributed by atoms with Crippen molar-refractivity contribution in [3.63, 3.8) is 0 Å². The van der Waals surface area contributed by atoms with E-state index in [9.17, 15) is 13.6 Å². The van der Waals surface area contributed by atoms with Crippen LogP contribution in [0.5, 0.6) is 0 Å². The highest BCUT2D eigenvalue weighted by molar-refractivity contribution is 5.89. The van der Waals surface area contributed by atoms with Crippen molar-refractivity contribution in [3.8, 4) is 0 Å². The minimum Gasteiger partial charge on any atom is -0.478 e. The first-order chi connectivity index (χ1) is 7.11. The molecule has 1 aromatic carbocycles. The summed E-state index contributed by atoms with van der Waals surface area (Å²) in [6.45, 7) is 0. The molecule has 0 aromatic heterocycles. The predicted molar refractivity (Wildman–Crippen MR) is 50.3 cm³/mol. The van der Waals surface area contributed by atoms with Gasteiger partial charge in [0.1, 0.15) is 0 Å². The summed E-state index contributed by atoms with van der Waals surface area (Å²) in [6, 6.07) is 6.37. The fourth-order valence-corrected chi connectivity index (χ4v) is 1.87. The SMILES string of the molecule is O=C(O)c1ccccc1C1CC1C(F)F. The van der Waals surface area contributed by atoms with E-state index in [1.54, 1.807) is 18.2 Å². The van der Waals surface area contributed by atoms with Crippen molar-refractivity contribution in [2.75, 3.05) is 0 Å². The molecule has 2 atom stereocenters. The molecular weight excluding hydrogens is 202 g/mol. The average Bonchev–Trinajstić information content (AvgIpc) is 2.97. The number of hydrogen-bond acceptors (Lipinski definition) is 1. The molecule has 0 aliphatic heterocycles. The Labute approximate surface area is 85.5 Å². The summed E-state index contributed by atoms with van der Waals surface area (Å²) < 4.78 is 24.7. The first-order valence-electron chi connectivity index (χ1n) is 4.71. The van der Waals surface area contributed by atoms with Gasteiger partial charge in [0.05, 0.1) is 5.56 Å². The van der Waals surface area contributed by atoms with Crippen LogP contribution in [0, 0.1) is 5.92 Å². The van der Waals surface area contributed by atoms with E-state index in [4.69, 9.17) is 5.11 Å². The van der Waals surface area contributed by atoms with Gasteiger partial charge in [0, 0.05) is 5.92 Å². The first kappa shape index (κ1) is 10.1. The molecule has 80 valence electrons. The number of carboxylic acid groups (broad SMARTS) is 1. The normalized spacial score (nSPS) is 24.2. The molecule has 1 aliphatic rings. The van der Waals surface area contributed by atoms with Gasteiger partial charge in [0.15, 0.2) is 0 Å². The highest BCUT2D eigenvalue weighted by Crippen LogP contribution is 2.51. The van der Waals surface area contributed by atoms with E-state index in [0.717, 1.165) is 0 Å². The van der Waals surface area contributed by atoms with Gasteiger partial charge >= 0.3 is 5.97 Å². The van der Waals surface area contributed by atoms with Crippen LogP contribution in [0.1, 0.15) is 28.3 Å². The summed E-state index contributed by atoms with van der Waals surface area (Å²) >= 11 is 0. The van der Waals surface area contributed by atoms with E-state index in [1.165, 1.54) is 6.07 Å². The maximum absolute atomic E-state index is 12.3. The standard InChI is InChI=1S/C11H10F2O2/c12-10(13)9-5-8(9)6-3-1-2-4-7(6)11(14)15/h1-4,8-10H,5H2,(H,14,15). The molecule has 1 saturated carbocycles. The third-order valence-electron chi connectivity index (χ3n) is 2.75. The number of alkyl halides is 2. The summed E-state index contributed by atoms with van der Waals surface area (Å²) in [4.78, 5) is 10.8. The van der Waals surface area contributed by atoms with Crippen molar-refractivity contribution >= 4 is 5.97 Å². The predicted octanol–water partition coefficient (Wildman–Crippen LogP) is 2.75. The average molecular weight is 212 g/mol. The molecule has 1 aliphatic carbocycles. The Morgan fingerprint density at radius 1 is 1.40 bits per heavy atom. The Morgan fingerprint density at radius 2 is 2.07 bits per heavy atom. The second-order valence-corrected chi connectivity index (χ2v) is 3.73. The Morgan fingerprint density at radius 3 is 2.60 bits per heavy atom. The van der Waals surface area contributed by atoms with Crippen LogP contribution in [0.25, 0.3) is 0 Å². The van der Waals surface area contributed by atoms with Crippen LogP contribution in [0.2, 0.25) is 0 Å². The van der Waals surface area contributed by atoms with Crippen molar-refractivity contribution in [3.05, 3.63) is 35.4 Å². The lowest BCUT2D eigenvalue weighted by Crippen LogP contribution is -2.03. The molecule has 1 N–H and O–H groups in total. The summed E-state index contributed by atoms with van der Waals surface area (Å²) in [5.74, 6) is -1.99. The monoisotopic (exact) mass is 212 g/mol. The Balaban J connectivity index is 2.26. The molecule has 1 aromatic rings. The molecule has 1 fully saturated rings. The lowest BCUT2D eigenvalue weighted by molar-refractivity contribution is 0.0694. The van der Waals surface area contributed by atoms with Gasteiger partial charge in [-0.1, -0.05) is 18.2 Å². The number of rotatable bonds is 3. The van der Waals surface area contributed by atoms with Gasteiger partial charge < -0.3 is 5.11 Å². The third kappa shape index (κ3) is 1.84. The highest BCUT2D eigenvalue weighted by atomic mass is 19.3. The van der Waals surface area contributed by atoms with E-state index in [0.29, 0.717) is 12.0 Å². The largest absolute Gasteiger partial charge is 0.478 e. The van der Waals surface area contributed by atoms with Gasteiger partial charge in [-0.05, 0) is 24.0 Å². The Hall–Kier alpha value is -1.45. The molecule has 2 rings (SSSR count). The molecule has 0 saturated heterocycles. The number of benzene rings is 1. The van der Waals surface area contributed by atoms with Crippen molar-refractivity contribution in [2.24, 2.45) is 5.92 Å². The Bertz CT molecular complexity index is 390. The van der Waals surface area contributed by atoms with Crippen LogP contribution in [-0.4, -0.2) is 17.5 Å². The topological polar surface area (TPSA) is 37.3 Å². The second kappa shape index (κ2) is 3.61. The van der Waals surface area contributed by atoms with Gasteiger partial charge in [-0.25, -0.2) is 13.6 Å². The van der Waals surface area contributed by atoms with Crippen LogP contribution < -0.4 is 0 Å². The maximum Gasteiger partial charge on any atom is 0.335 e. The maximum atomic E-state index is 12.3. The van der Waals surface area contributed by atoms with Crippen molar-refractivity contribution in [2.45, 2.75) is 18.8 Å². The molecule has 4 heteroatoms. The van der Waals surface area contributed by atoms with Crippen molar-refractivity contribution in [1.29, 1.82) is 0 Å². The molecule has 0 bridgehead atoms. The zero-order valence-corrected chi connectivity index (χ0v) is 7.86. The van der Waals surface area contributed by atoms with Crippen LogP contribution in [0.3, 0.4) is 0 Å². The minimum atomic E-state index is -2.35. The molecule has 15 heavy (non-hydrogen) atoms. The number of aromatic carboxylic acids is 1. The van der Waals surface area contributed by atoms with Gasteiger partial charge in [-0.3, -0.25) is 0 Å². The first-order valence-corrected chi connectivity index (χ1v) is 4.71. The molecule has 2 unspecified atom stereocenters. The fourth-order valence-electron chi connectivity index (χ4n) is 1.87. The smallest absolute Gasteiger partial charge is 0.335 e. The Kier molecular flexibility index (Phi) is 2.42. The highest BCUT2D eigenvalue weighted by Gasteiger charge is 2.46. The van der Waals surface area contributed by atoms with Gasteiger partial charge in [0.2, 0.25) is 6.43 Å². The molecule has 0 radical (unpaired) electrons. The lowest BCUT2D eigenvalue weighted by Gasteiger charge is -2.04. The fraction of sp³-hybridized carbons (Fsp3) is 0.364. The molecule has 0 heterocycles. The molecular formula is C11H10F2O2. The number of halogens is 2. The lowest BCUT2D eigenvalue weighted by atomic mass is 10.0. The quantitative estimate of drug-likeness (QED) is 0.836. The van der Waals surface area contributed by atoms with E-state index in [-0.39, 0.29) is 11.5 Å². The van der Waals surface area contributed by atoms with Crippen LogP contribution in [0.15, 0.2) is 24.3 Å². The zero-order chi connectivity index (χ0) is 11.0.